The predicted octanol–water partition coefficient (Wildman–Crippen LogP) is -0.619. The highest BCUT2D eigenvalue weighted by molar-refractivity contribution is 7.66. The highest BCUT2D eigenvalue weighted by atomic mass is 31.3. The lowest BCUT2D eigenvalue weighted by Crippen LogP contribution is -2.19. The highest BCUT2D eigenvalue weighted by Gasteiger charge is 2.41. The third-order valence-corrected chi connectivity index (χ3v) is 4.37. The standard InChI is InChI=1S/C2H8NO11P3/c1-2(4)3-12-16(8,9)14-17(10,11)13-15(5,6)7/h1H3,(H,3,4)(H,8,9)(H,10,11)(H2,5,6,7). The number of nitrogens with one attached hydrogen (secondary N) is 1. The molecule has 0 aliphatic heterocycles. The molecular weight excluding hydrogens is 307 g/mol. The Morgan fingerprint density at radius 3 is 1.82 bits per heavy atom. The SMILES string of the molecule is CC(=O)NOP(=O)(O)OP(=O)(O)OP(=O)(O)O. The van der Waals surface area contributed by atoms with Crippen LogP contribution in [0.1, 0.15) is 6.92 Å². The Labute approximate surface area is 93.9 Å². The zero-order valence-electron chi connectivity index (χ0n) is 7.99. The summed E-state index contributed by atoms with van der Waals surface area (Å²) in [4.78, 5) is 44.0. The van der Waals surface area contributed by atoms with Crippen LogP contribution in [-0.2, 0) is 31.7 Å². The van der Waals surface area contributed by atoms with Gasteiger partial charge in [-0.25, -0.2) is 19.2 Å². The number of hydroxylamine groups is 1. The van der Waals surface area contributed by atoms with E-state index in [9.17, 15) is 18.5 Å². The Hall–Kier alpha value is -0.120. The zero-order chi connectivity index (χ0) is 13.9. The molecule has 2 unspecified atom stereocenters. The van der Waals surface area contributed by atoms with Crippen LogP contribution < -0.4 is 5.48 Å². The Kier molecular flexibility index (Phi) is 5.64. The Balaban J connectivity index is 4.60. The smallest absolute Gasteiger partial charge is 0.302 e. The summed E-state index contributed by atoms with van der Waals surface area (Å²) in [6.45, 7) is 0.880. The molecule has 0 spiro atoms. The van der Waals surface area contributed by atoms with Crippen LogP contribution in [0.5, 0.6) is 0 Å². The lowest BCUT2D eigenvalue weighted by Gasteiger charge is -2.15. The molecule has 0 saturated carbocycles. The van der Waals surface area contributed by atoms with Gasteiger partial charge in [0.25, 0.3) is 0 Å². The third-order valence-electron chi connectivity index (χ3n) is 0.721. The molecule has 0 aromatic carbocycles. The molecule has 0 aromatic rings. The van der Waals surface area contributed by atoms with Gasteiger partial charge in [0.15, 0.2) is 0 Å². The van der Waals surface area contributed by atoms with E-state index in [2.05, 4.69) is 13.2 Å². The van der Waals surface area contributed by atoms with Gasteiger partial charge in [-0.2, -0.15) is 13.2 Å². The molecule has 15 heteroatoms. The summed E-state index contributed by atoms with van der Waals surface area (Å²) in [7, 11) is -16.2. The number of rotatable bonds is 6. The summed E-state index contributed by atoms with van der Waals surface area (Å²) < 4.78 is 42.1. The maximum absolute atomic E-state index is 10.9. The molecule has 102 valence electrons. The maximum Gasteiger partial charge on any atom is 0.502 e. The first kappa shape index (κ1) is 16.9. The Morgan fingerprint density at radius 1 is 1.00 bits per heavy atom. The van der Waals surface area contributed by atoms with Crippen molar-refractivity contribution in [3.63, 3.8) is 0 Å². The van der Waals surface area contributed by atoms with Crippen LogP contribution >= 0.6 is 23.5 Å². The van der Waals surface area contributed by atoms with E-state index in [-0.39, 0.29) is 0 Å². The fraction of sp³-hybridized carbons (Fsp3) is 0.500. The van der Waals surface area contributed by atoms with E-state index < -0.39 is 29.4 Å². The molecule has 0 heterocycles. The van der Waals surface area contributed by atoms with Crippen molar-refractivity contribution in [3.05, 3.63) is 0 Å². The molecule has 0 saturated heterocycles. The molecule has 0 aromatic heterocycles. The van der Waals surface area contributed by atoms with Gasteiger partial charge >= 0.3 is 23.5 Å². The van der Waals surface area contributed by atoms with E-state index in [0.717, 1.165) is 6.92 Å². The number of carbonyl (C=O) groups is 1. The number of carbonyl (C=O) groups excluding carboxylic acids is 1. The third kappa shape index (κ3) is 9.57. The van der Waals surface area contributed by atoms with Crippen molar-refractivity contribution in [3.8, 4) is 0 Å². The van der Waals surface area contributed by atoms with Gasteiger partial charge in [-0.15, -0.1) is 0 Å². The normalized spacial score (nSPS) is 19.1. The summed E-state index contributed by atoms with van der Waals surface area (Å²) in [6, 6.07) is 0. The first-order valence-corrected chi connectivity index (χ1v) is 7.94. The van der Waals surface area contributed by atoms with Crippen LogP contribution in [0.25, 0.3) is 0 Å². The minimum absolute atomic E-state index is 0.880. The van der Waals surface area contributed by atoms with Gasteiger partial charge in [0, 0.05) is 6.92 Å². The molecule has 12 nitrogen and oxygen atoms in total. The van der Waals surface area contributed by atoms with Crippen molar-refractivity contribution in [2.75, 3.05) is 0 Å². The van der Waals surface area contributed by atoms with E-state index >= 15 is 0 Å². The number of hydrogen-bond donors (Lipinski definition) is 5. The average molecular weight is 315 g/mol. The molecular formula is C2H8NO11P3. The number of amides is 1. The molecule has 2 atom stereocenters. The van der Waals surface area contributed by atoms with Crippen molar-refractivity contribution in [2.45, 2.75) is 6.92 Å². The van der Waals surface area contributed by atoms with Gasteiger partial charge in [0.05, 0.1) is 0 Å². The van der Waals surface area contributed by atoms with Crippen LogP contribution in [0.15, 0.2) is 0 Å². The fourth-order valence-corrected chi connectivity index (χ4v) is 3.30. The van der Waals surface area contributed by atoms with Crippen molar-refractivity contribution >= 4 is 29.4 Å². The van der Waals surface area contributed by atoms with Gasteiger partial charge < -0.3 is 19.6 Å². The second kappa shape index (κ2) is 5.68. The number of phosphoric acid groups is 3. The molecule has 1 amide bonds. The molecule has 0 rings (SSSR count). The van der Waals surface area contributed by atoms with Gasteiger partial charge in [-0.1, -0.05) is 0 Å². The zero-order valence-corrected chi connectivity index (χ0v) is 10.7. The van der Waals surface area contributed by atoms with E-state index in [4.69, 9.17) is 19.6 Å². The van der Waals surface area contributed by atoms with Crippen molar-refractivity contribution in [1.82, 2.24) is 5.48 Å². The van der Waals surface area contributed by atoms with Crippen molar-refractivity contribution < 1.29 is 51.3 Å². The monoisotopic (exact) mass is 315 g/mol. The highest BCUT2D eigenvalue weighted by Crippen LogP contribution is 2.65. The van der Waals surface area contributed by atoms with E-state index in [1.165, 1.54) is 5.48 Å². The van der Waals surface area contributed by atoms with Gasteiger partial charge in [-0.05, 0) is 0 Å². The summed E-state index contributed by atoms with van der Waals surface area (Å²) in [5.41, 5.74) is 1.31. The van der Waals surface area contributed by atoms with Gasteiger partial charge in [0.1, 0.15) is 0 Å². The van der Waals surface area contributed by atoms with Crippen molar-refractivity contribution in [1.29, 1.82) is 0 Å². The maximum atomic E-state index is 10.9. The topological polar surface area (TPSA) is 189 Å². The summed E-state index contributed by atoms with van der Waals surface area (Å²) in [6.07, 6.45) is 0. The minimum Gasteiger partial charge on any atom is -0.302 e. The largest absolute Gasteiger partial charge is 0.502 e. The molecule has 5 N–H and O–H groups in total. The average Bonchev–Trinajstić information content (AvgIpc) is 1.93. The first-order chi connectivity index (χ1) is 7.33. The Morgan fingerprint density at radius 2 is 1.47 bits per heavy atom. The second-order valence-electron chi connectivity index (χ2n) is 2.34. The molecule has 0 aliphatic carbocycles. The fourth-order valence-electron chi connectivity index (χ4n) is 0.418. The van der Waals surface area contributed by atoms with Gasteiger partial charge in [-0.3, -0.25) is 4.79 Å². The van der Waals surface area contributed by atoms with E-state index in [1.54, 1.807) is 0 Å². The van der Waals surface area contributed by atoms with Crippen LogP contribution in [0.4, 0.5) is 0 Å². The lowest BCUT2D eigenvalue weighted by molar-refractivity contribution is -0.126. The predicted molar refractivity (Wildman–Crippen MR) is 48.8 cm³/mol. The van der Waals surface area contributed by atoms with E-state index in [1.807, 2.05) is 0 Å². The summed E-state index contributed by atoms with van der Waals surface area (Å²) in [5, 5.41) is 0. The second-order valence-corrected chi connectivity index (χ2v) is 6.68. The number of hydrogen-bond acceptors (Lipinski definition) is 7. The van der Waals surface area contributed by atoms with Crippen LogP contribution in [0.2, 0.25) is 0 Å². The molecule has 0 bridgehead atoms. The van der Waals surface area contributed by atoms with E-state index in [0.29, 0.717) is 0 Å². The summed E-state index contributed by atoms with van der Waals surface area (Å²) in [5.74, 6) is -0.938. The van der Waals surface area contributed by atoms with Gasteiger partial charge in [0.2, 0.25) is 5.91 Å². The van der Waals surface area contributed by atoms with Crippen LogP contribution in [0, 0.1) is 0 Å². The molecule has 0 radical (unpaired) electrons. The molecule has 0 fully saturated rings. The van der Waals surface area contributed by atoms with Crippen LogP contribution in [-0.4, -0.2) is 25.5 Å². The first-order valence-electron chi connectivity index (χ1n) is 3.42. The minimum atomic E-state index is -5.55. The lowest BCUT2D eigenvalue weighted by atomic mass is 10.8. The van der Waals surface area contributed by atoms with Crippen LogP contribution in [0.3, 0.4) is 0 Å². The molecule has 0 aliphatic rings. The quantitative estimate of drug-likeness (QED) is 0.310. The van der Waals surface area contributed by atoms with Crippen molar-refractivity contribution in [2.24, 2.45) is 0 Å². The summed E-state index contributed by atoms with van der Waals surface area (Å²) >= 11 is 0. The molecule has 17 heavy (non-hydrogen) atoms. The Bertz CT molecular complexity index is 422.